The number of alkyl halides is 2. The second-order valence-electron chi connectivity index (χ2n) is 8.95. The number of rotatable bonds is 5. The first-order chi connectivity index (χ1) is 17.5. The molecule has 2 aromatic rings. The van der Waals surface area contributed by atoms with Gasteiger partial charge >= 0.3 is 18.1 Å². The maximum Gasteiger partial charge on any atom is 0.509 e. The van der Waals surface area contributed by atoms with E-state index in [1.165, 1.54) is 16.6 Å². The highest BCUT2D eigenvalue weighted by Gasteiger charge is 2.63. The molecule has 198 valence electrons. The number of nitrogen functional groups attached to an aromatic ring is 1. The first-order valence-electron chi connectivity index (χ1n) is 11.2. The van der Waals surface area contributed by atoms with Crippen molar-refractivity contribution in [3.63, 3.8) is 0 Å². The fourth-order valence-corrected chi connectivity index (χ4v) is 4.03. The lowest BCUT2D eigenvalue weighted by molar-refractivity contribution is -0.166. The molecule has 4 heterocycles. The second kappa shape index (κ2) is 9.77. The standard InChI is InChI=1S/C22H23F2N5O8/c1-21(2,19(23)24)37-20(32)33-8-12-16-17(35-15(31)5-3-4-14(30)34-16)22(9-25,36-12)13-7-6-11-18(26)27-10-28-29(11)13/h6-7,10,12,16-17,19H,3-5,8H2,1-2H3,(H2,26,27,28)/t12-,16-,17-,22+/m1/s1. The number of esters is 2. The largest absolute Gasteiger partial charge is 0.509 e. The molecular weight excluding hydrogens is 500 g/mol. The molecule has 0 saturated carbocycles. The molecule has 13 nitrogen and oxygen atoms in total. The molecule has 2 saturated heterocycles. The number of halogens is 2. The van der Waals surface area contributed by atoms with Crippen LogP contribution < -0.4 is 5.73 Å². The minimum absolute atomic E-state index is 0.0705. The predicted molar refractivity (Wildman–Crippen MR) is 116 cm³/mol. The summed E-state index contributed by atoms with van der Waals surface area (Å²) in [5, 5.41) is 14.4. The van der Waals surface area contributed by atoms with Crippen LogP contribution in [0.4, 0.5) is 19.4 Å². The van der Waals surface area contributed by atoms with Gasteiger partial charge in [-0.25, -0.2) is 23.1 Å². The van der Waals surface area contributed by atoms with Gasteiger partial charge in [-0.15, -0.1) is 0 Å². The van der Waals surface area contributed by atoms with E-state index in [0.29, 0.717) is 5.52 Å². The summed E-state index contributed by atoms with van der Waals surface area (Å²) in [6.07, 6.45) is -7.67. The SMILES string of the molecule is CC(C)(OC(=O)OC[C@H]1O[C@@](C#N)(c2ccc3c(N)ncnn23)[C@@H]2OC(=O)CCCC(=O)O[C@@H]21)C(F)F. The Hall–Kier alpha value is -4.06. The molecule has 0 bridgehead atoms. The molecule has 0 aromatic carbocycles. The number of carbonyl (C=O) groups is 3. The molecule has 2 aromatic heterocycles. The highest BCUT2D eigenvalue weighted by atomic mass is 19.3. The number of ether oxygens (including phenoxy) is 5. The van der Waals surface area contributed by atoms with E-state index in [1.54, 1.807) is 0 Å². The summed E-state index contributed by atoms with van der Waals surface area (Å²) in [5.41, 5.74) is 2.04. The van der Waals surface area contributed by atoms with Crippen molar-refractivity contribution in [1.29, 1.82) is 5.26 Å². The van der Waals surface area contributed by atoms with Crippen LogP contribution in [0.25, 0.3) is 5.52 Å². The van der Waals surface area contributed by atoms with Crippen LogP contribution in [0.2, 0.25) is 0 Å². The lowest BCUT2D eigenvalue weighted by Gasteiger charge is -2.28. The highest BCUT2D eigenvalue weighted by molar-refractivity contribution is 5.74. The molecule has 0 spiro atoms. The Labute approximate surface area is 208 Å². The Kier molecular flexibility index (Phi) is 6.87. The minimum atomic E-state index is -3.00. The topological polar surface area (TPSA) is 177 Å². The molecule has 2 fully saturated rings. The van der Waals surface area contributed by atoms with Gasteiger partial charge in [0.05, 0.1) is 5.69 Å². The van der Waals surface area contributed by atoms with Gasteiger partial charge in [0.25, 0.3) is 6.43 Å². The van der Waals surface area contributed by atoms with E-state index >= 15 is 0 Å². The Morgan fingerprint density at radius 2 is 2.03 bits per heavy atom. The van der Waals surface area contributed by atoms with Crippen molar-refractivity contribution >= 4 is 29.4 Å². The number of nitrogens with zero attached hydrogens (tertiary/aromatic N) is 4. The molecule has 37 heavy (non-hydrogen) atoms. The van der Waals surface area contributed by atoms with Gasteiger partial charge in [0.15, 0.2) is 23.6 Å². The minimum Gasteiger partial charge on any atom is -0.455 e. The number of fused-ring (bicyclic) bond motifs is 2. The van der Waals surface area contributed by atoms with E-state index in [2.05, 4.69) is 14.8 Å². The summed E-state index contributed by atoms with van der Waals surface area (Å²) in [7, 11) is 0. The molecule has 0 unspecified atom stereocenters. The van der Waals surface area contributed by atoms with Crippen molar-refractivity contribution in [3.8, 4) is 6.07 Å². The number of hydrogen-bond acceptors (Lipinski definition) is 12. The summed E-state index contributed by atoms with van der Waals surface area (Å²) in [5.74, 6) is -1.33. The summed E-state index contributed by atoms with van der Waals surface area (Å²) < 4.78 is 54.1. The van der Waals surface area contributed by atoms with Gasteiger partial charge < -0.3 is 29.4 Å². The van der Waals surface area contributed by atoms with Crippen LogP contribution >= 0.6 is 0 Å². The van der Waals surface area contributed by atoms with Crippen LogP contribution in [0.1, 0.15) is 38.8 Å². The quantitative estimate of drug-likeness (QED) is 0.443. The molecule has 0 amide bonds. The van der Waals surface area contributed by atoms with E-state index in [0.717, 1.165) is 20.2 Å². The van der Waals surface area contributed by atoms with Crippen molar-refractivity contribution in [3.05, 3.63) is 24.2 Å². The van der Waals surface area contributed by atoms with Gasteiger partial charge in [-0.05, 0) is 32.4 Å². The molecule has 4 atom stereocenters. The van der Waals surface area contributed by atoms with Gasteiger partial charge in [-0.3, -0.25) is 9.59 Å². The zero-order valence-electron chi connectivity index (χ0n) is 19.8. The maximum atomic E-state index is 13.1. The molecule has 2 aliphatic heterocycles. The van der Waals surface area contributed by atoms with E-state index in [1.807, 2.05) is 6.07 Å². The fourth-order valence-electron chi connectivity index (χ4n) is 4.03. The van der Waals surface area contributed by atoms with E-state index in [-0.39, 0.29) is 30.8 Å². The van der Waals surface area contributed by atoms with Crippen LogP contribution in [0.15, 0.2) is 18.5 Å². The lowest BCUT2D eigenvalue weighted by atomic mass is 9.92. The van der Waals surface area contributed by atoms with Gasteiger partial charge in [0.2, 0.25) is 5.60 Å². The first kappa shape index (κ1) is 26.0. The Bertz CT molecular complexity index is 1260. The monoisotopic (exact) mass is 523 g/mol. The molecule has 4 rings (SSSR count). The van der Waals surface area contributed by atoms with Gasteiger partial charge in [-0.2, -0.15) is 10.4 Å². The zero-order valence-corrected chi connectivity index (χ0v) is 19.8. The first-order valence-corrected chi connectivity index (χ1v) is 11.2. The normalized spacial score (nSPS) is 26.3. The van der Waals surface area contributed by atoms with Crippen LogP contribution in [0.5, 0.6) is 0 Å². The third kappa shape index (κ3) is 4.84. The van der Waals surface area contributed by atoms with Crippen molar-refractivity contribution in [2.75, 3.05) is 12.3 Å². The molecule has 2 N–H and O–H groups in total. The van der Waals surface area contributed by atoms with Crippen molar-refractivity contribution in [2.45, 2.75) is 69.0 Å². The summed E-state index contributed by atoms with van der Waals surface area (Å²) in [4.78, 5) is 41.0. The van der Waals surface area contributed by atoms with Gasteiger partial charge in [0, 0.05) is 12.8 Å². The van der Waals surface area contributed by atoms with Gasteiger partial charge in [-0.1, -0.05) is 0 Å². The number of anilines is 1. The third-order valence-electron chi connectivity index (χ3n) is 5.96. The van der Waals surface area contributed by atoms with Gasteiger partial charge in [0.1, 0.15) is 30.6 Å². The zero-order chi connectivity index (χ0) is 27.0. The number of nitrogens with two attached hydrogens (primary N) is 1. The van der Waals surface area contributed by atoms with E-state index < -0.39 is 60.6 Å². The van der Waals surface area contributed by atoms with Crippen molar-refractivity contribution in [1.82, 2.24) is 14.6 Å². The number of hydrogen-bond donors (Lipinski definition) is 1. The van der Waals surface area contributed by atoms with Crippen LogP contribution in [0.3, 0.4) is 0 Å². The lowest BCUT2D eigenvalue weighted by Crippen LogP contribution is -2.46. The number of aromatic nitrogens is 3. The molecule has 0 radical (unpaired) electrons. The fraction of sp³-hybridized carbons (Fsp3) is 0.545. The average molecular weight is 523 g/mol. The summed E-state index contributed by atoms with van der Waals surface area (Å²) in [6, 6.07) is 4.94. The van der Waals surface area contributed by atoms with E-state index in [9.17, 15) is 28.4 Å². The third-order valence-corrected chi connectivity index (χ3v) is 5.96. The molecular formula is C22H23F2N5O8. The van der Waals surface area contributed by atoms with Crippen molar-refractivity contribution < 1.29 is 46.8 Å². The average Bonchev–Trinajstić information content (AvgIpc) is 3.40. The van der Waals surface area contributed by atoms with Crippen LogP contribution in [-0.2, 0) is 38.9 Å². The van der Waals surface area contributed by atoms with Crippen LogP contribution in [-0.4, -0.2) is 69.6 Å². The number of nitriles is 1. The second-order valence-corrected chi connectivity index (χ2v) is 8.95. The Morgan fingerprint density at radius 1 is 1.32 bits per heavy atom. The predicted octanol–water partition coefficient (Wildman–Crippen LogP) is 1.63. The maximum absolute atomic E-state index is 13.1. The smallest absolute Gasteiger partial charge is 0.455 e. The van der Waals surface area contributed by atoms with Crippen LogP contribution in [0, 0.1) is 11.3 Å². The summed E-state index contributed by atoms with van der Waals surface area (Å²) >= 11 is 0. The highest BCUT2D eigenvalue weighted by Crippen LogP contribution is 2.44. The number of carbonyl (C=O) groups excluding carboxylic acids is 3. The van der Waals surface area contributed by atoms with E-state index in [4.69, 9.17) is 24.7 Å². The Morgan fingerprint density at radius 3 is 2.70 bits per heavy atom. The van der Waals surface area contributed by atoms with Crippen molar-refractivity contribution in [2.24, 2.45) is 0 Å². The molecule has 0 aliphatic carbocycles. The Balaban J connectivity index is 1.72. The molecule has 2 aliphatic rings. The summed E-state index contributed by atoms with van der Waals surface area (Å²) in [6.45, 7) is 1.30. The molecule has 15 heteroatoms.